The van der Waals surface area contributed by atoms with Crippen molar-refractivity contribution in [3.63, 3.8) is 0 Å². The number of benzene rings is 7. The number of thiophene rings is 1. The predicted octanol–water partition coefficient (Wildman–Crippen LogP) is 12.3. The van der Waals surface area contributed by atoms with E-state index in [1.807, 2.05) is 23.5 Å². The van der Waals surface area contributed by atoms with Gasteiger partial charge >= 0.3 is 0 Å². The van der Waals surface area contributed by atoms with Crippen LogP contribution >= 0.6 is 11.3 Å². The van der Waals surface area contributed by atoms with Gasteiger partial charge in [-0.15, -0.1) is 11.3 Å². The summed E-state index contributed by atoms with van der Waals surface area (Å²) in [4.78, 5) is 0. The van der Waals surface area contributed by atoms with Crippen LogP contribution in [-0.2, 0) is 0 Å². The molecule has 200 valence electrons. The quantitative estimate of drug-likeness (QED) is 0.195. The Hall–Kier alpha value is -5.38. The fourth-order valence-corrected chi connectivity index (χ4v) is 8.39. The van der Waals surface area contributed by atoms with Crippen molar-refractivity contribution >= 4 is 86.0 Å². The molecule has 3 aromatic heterocycles. The lowest BCUT2D eigenvalue weighted by Gasteiger charge is -2.18. The van der Waals surface area contributed by atoms with E-state index in [2.05, 4.69) is 115 Å². The van der Waals surface area contributed by atoms with Crippen LogP contribution in [0.4, 0.5) is 0 Å². The van der Waals surface area contributed by atoms with Crippen LogP contribution in [0, 0.1) is 0 Å². The first-order valence-electron chi connectivity index (χ1n) is 14.5. The molecule has 0 aliphatic heterocycles. The molecule has 3 heterocycles. The summed E-state index contributed by atoms with van der Waals surface area (Å²) in [6.07, 6.45) is 1.79. The van der Waals surface area contributed by atoms with E-state index >= 15 is 0 Å². The molecule has 0 saturated carbocycles. The highest BCUT2D eigenvalue weighted by molar-refractivity contribution is 7.26. The zero-order valence-corrected chi connectivity index (χ0v) is 23.7. The molecule has 0 saturated heterocycles. The van der Waals surface area contributed by atoms with Crippen molar-refractivity contribution in [1.82, 2.24) is 0 Å². The van der Waals surface area contributed by atoms with E-state index < -0.39 is 0 Å². The number of hydrogen-bond donors (Lipinski definition) is 0. The second-order valence-electron chi connectivity index (χ2n) is 11.2. The van der Waals surface area contributed by atoms with Gasteiger partial charge in [0.15, 0.2) is 0 Å². The van der Waals surface area contributed by atoms with Gasteiger partial charge in [0.2, 0.25) is 0 Å². The van der Waals surface area contributed by atoms with Crippen LogP contribution in [0.2, 0.25) is 0 Å². The summed E-state index contributed by atoms with van der Waals surface area (Å²) in [5.41, 5.74) is 7.44. The van der Waals surface area contributed by atoms with Gasteiger partial charge in [-0.2, -0.15) is 0 Å². The second kappa shape index (κ2) is 8.57. The monoisotopic (exact) mass is 566 g/mol. The van der Waals surface area contributed by atoms with Crippen LogP contribution in [-0.4, -0.2) is 0 Å². The van der Waals surface area contributed by atoms with E-state index in [1.54, 1.807) is 6.26 Å². The Morgan fingerprint density at radius 1 is 0.419 bits per heavy atom. The second-order valence-corrected chi connectivity index (χ2v) is 12.2. The van der Waals surface area contributed by atoms with Gasteiger partial charge in [-0.1, -0.05) is 103 Å². The molecule has 43 heavy (non-hydrogen) atoms. The summed E-state index contributed by atoms with van der Waals surface area (Å²) in [5, 5.41) is 10.7. The minimum Gasteiger partial charge on any atom is -0.464 e. The molecule has 0 N–H and O–H groups in total. The minimum atomic E-state index is 0.862. The number of rotatable bonds is 2. The summed E-state index contributed by atoms with van der Waals surface area (Å²) >= 11 is 1.88. The number of fused-ring (bicyclic) bond motifs is 9. The molecule has 2 nitrogen and oxygen atoms in total. The molecule has 10 aromatic rings. The SMILES string of the molecule is c1ccc2c(c1)oc1c(-c3c4ccccc4c(-c4cccc5c4sc4ccccc45)c4ccccc34)c3ccoc3cc12. The Bertz CT molecular complexity index is 2680. The van der Waals surface area contributed by atoms with Crippen molar-refractivity contribution in [3.05, 3.63) is 134 Å². The summed E-state index contributed by atoms with van der Waals surface area (Å²) in [6, 6.07) is 45.7. The van der Waals surface area contributed by atoms with E-state index in [1.165, 1.54) is 58.4 Å². The van der Waals surface area contributed by atoms with Crippen molar-refractivity contribution in [1.29, 1.82) is 0 Å². The van der Waals surface area contributed by atoms with E-state index in [0.29, 0.717) is 0 Å². The molecule has 0 bridgehead atoms. The molecule has 0 amide bonds. The van der Waals surface area contributed by atoms with Gasteiger partial charge in [0.05, 0.1) is 6.26 Å². The van der Waals surface area contributed by atoms with E-state index in [9.17, 15) is 0 Å². The Kier molecular flexibility index (Phi) is 4.63. The maximum atomic E-state index is 6.68. The molecule has 0 atom stereocenters. The highest BCUT2D eigenvalue weighted by atomic mass is 32.1. The lowest BCUT2D eigenvalue weighted by molar-refractivity contribution is 0.616. The third-order valence-electron chi connectivity index (χ3n) is 8.96. The molecule has 7 aromatic carbocycles. The topological polar surface area (TPSA) is 26.3 Å². The third-order valence-corrected chi connectivity index (χ3v) is 10.2. The normalized spacial score (nSPS) is 12.2. The largest absolute Gasteiger partial charge is 0.464 e. The molecular formula is C40H22O2S. The van der Waals surface area contributed by atoms with Gasteiger partial charge in [-0.3, -0.25) is 0 Å². The lowest BCUT2D eigenvalue weighted by atomic mass is 9.84. The Balaban J connectivity index is 1.42. The molecule has 0 unspecified atom stereocenters. The Labute approximate surface area is 250 Å². The molecule has 0 aliphatic carbocycles. The van der Waals surface area contributed by atoms with E-state index in [4.69, 9.17) is 8.83 Å². The standard InChI is InChI=1S/C40H22O2S/c1-3-14-27-25(12-1)36(31-17-9-16-29-24-11-6-8-19-35(24)43-40(29)31)26-13-2-4-15-28(26)37(27)38-30-20-21-41-34(30)22-32-23-10-5-7-18-33(23)42-39(32)38/h1-22H. The first-order chi connectivity index (χ1) is 21.3. The average Bonchev–Trinajstić information content (AvgIpc) is 3.78. The third kappa shape index (κ3) is 3.12. The maximum absolute atomic E-state index is 6.68. The molecule has 0 fully saturated rings. The molecule has 0 spiro atoms. The van der Waals surface area contributed by atoms with Gasteiger partial charge < -0.3 is 8.83 Å². The highest BCUT2D eigenvalue weighted by Crippen LogP contribution is 2.51. The molecule has 0 radical (unpaired) electrons. The van der Waals surface area contributed by atoms with Gasteiger partial charge in [0.1, 0.15) is 16.7 Å². The zero-order chi connectivity index (χ0) is 28.1. The van der Waals surface area contributed by atoms with Crippen molar-refractivity contribution in [2.24, 2.45) is 0 Å². The molecule has 10 rings (SSSR count). The van der Waals surface area contributed by atoms with E-state index in [-0.39, 0.29) is 0 Å². The van der Waals surface area contributed by atoms with Crippen LogP contribution in [0.25, 0.3) is 96.9 Å². The van der Waals surface area contributed by atoms with Gasteiger partial charge in [-0.25, -0.2) is 0 Å². The molecular weight excluding hydrogens is 545 g/mol. The zero-order valence-electron chi connectivity index (χ0n) is 22.9. The van der Waals surface area contributed by atoms with Crippen molar-refractivity contribution in [2.45, 2.75) is 0 Å². The summed E-state index contributed by atoms with van der Waals surface area (Å²) in [6.45, 7) is 0. The van der Waals surface area contributed by atoms with Gasteiger partial charge in [0.25, 0.3) is 0 Å². The summed E-state index contributed by atoms with van der Waals surface area (Å²) in [5.74, 6) is 0. The van der Waals surface area contributed by atoms with Crippen molar-refractivity contribution in [2.75, 3.05) is 0 Å². The fourth-order valence-electron chi connectivity index (χ4n) is 7.17. The lowest BCUT2D eigenvalue weighted by Crippen LogP contribution is -1.92. The van der Waals surface area contributed by atoms with Gasteiger partial charge in [0, 0.05) is 53.0 Å². The molecule has 3 heteroatoms. The van der Waals surface area contributed by atoms with Crippen LogP contribution in [0.3, 0.4) is 0 Å². The fraction of sp³-hybridized carbons (Fsp3) is 0. The number of para-hydroxylation sites is 1. The number of furan rings is 2. The van der Waals surface area contributed by atoms with Crippen LogP contribution < -0.4 is 0 Å². The van der Waals surface area contributed by atoms with Crippen LogP contribution in [0.5, 0.6) is 0 Å². The van der Waals surface area contributed by atoms with Crippen molar-refractivity contribution in [3.8, 4) is 22.3 Å². The smallest absolute Gasteiger partial charge is 0.144 e. The Morgan fingerprint density at radius 3 is 1.81 bits per heavy atom. The molecule has 0 aliphatic rings. The first-order valence-corrected chi connectivity index (χ1v) is 15.3. The maximum Gasteiger partial charge on any atom is 0.144 e. The van der Waals surface area contributed by atoms with E-state index in [0.717, 1.165) is 38.5 Å². The summed E-state index contributed by atoms with van der Waals surface area (Å²) < 4.78 is 15.4. The average molecular weight is 567 g/mol. The first kappa shape index (κ1) is 23.2. The number of hydrogen-bond acceptors (Lipinski definition) is 3. The van der Waals surface area contributed by atoms with Crippen LogP contribution in [0.1, 0.15) is 0 Å². The van der Waals surface area contributed by atoms with Gasteiger partial charge in [-0.05, 0) is 51.4 Å². The Morgan fingerprint density at radius 2 is 1.05 bits per heavy atom. The highest BCUT2D eigenvalue weighted by Gasteiger charge is 2.24. The minimum absolute atomic E-state index is 0.862. The van der Waals surface area contributed by atoms with Crippen molar-refractivity contribution < 1.29 is 8.83 Å². The van der Waals surface area contributed by atoms with Crippen LogP contribution in [0.15, 0.2) is 142 Å². The summed E-state index contributed by atoms with van der Waals surface area (Å²) in [7, 11) is 0. The predicted molar refractivity (Wildman–Crippen MR) is 182 cm³/mol.